The number of aryl methyl sites for hydroxylation is 1. The van der Waals surface area contributed by atoms with E-state index in [4.69, 9.17) is 0 Å². The van der Waals surface area contributed by atoms with Crippen LogP contribution in [0.4, 0.5) is 11.6 Å². The molecule has 2 saturated heterocycles. The zero-order chi connectivity index (χ0) is 22.8. The summed E-state index contributed by atoms with van der Waals surface area (Å²) in [6.07, 6.45) is 1.22. The number of carbonyl (C=O) groups is 2. The number of para-hydroxylation sites is 1. The summed E-state index contributed by atoms with van der Waals surface area (Å²) in [5.74, 6) is 0.437. The van der Waals surface area contributed by atoms with Crippen molar-refractivity contribution < 1.29 is 9.59 Å². The standard InChI is InChI=1S/C24H27N7O2/c1-2-18-8-10-20(11-9-18)30-17-19(16-22(30)32)23(33)28-12-14-29(15-13-28)24-25-26-27-31(24)21-6-4-3-5-7-21/h3-11,19H,2,12-17H2,1H3. The lowest BCUT2D eigenvalue weighted by molar-refractivity contribution is -0.136. The lowest BCUT2D eigenvalue weighted by Crippen LogP contribution is -2.51. The highest BCUT2D eigenvalue weighted by molar-refractivity contribution is 6.00. The van der Waals surface area contributed by atoms with Crippen molar-refractivity contribution in [3.05, 3.63) is 60.2 Å². The molecule has 1 atom stereocenters. The van der Waals surface area contributed by atoms with Crippen LogP contribution in [0, 0.1) is 5.92 Å². The quantitative estimate of drug-likeness (QED) is 0.596. The summed E-state index contributed by atoms with van der Waals surface area (Å²) in [6.45, 7) is 4.98. The summed E-state index contributed by atoms with van der Waals surface area (Å²) in [7, 11) is 0. The third kappa shape index (κ3) is 4.18. The van der Waals surface area contributed by atoms with Crippen molar-refractivity contribution >= 4 is 23.5 Å². The summed E-state index contributed by atoms with van der Waals surface area (Å²) >= 11 is 0. The molecule has 2 fully saturated rings. The van der Waals surface area contributed by atoms with E-state index in [0.29, 0.717) is 38.7 Å². The van der Waals surface area contributed by atoms with E-state index in [-0.39, 0.29) is 24.2 Å². The Balaban J connectivity index is 1.21. The number of carbonyl (C=O) groups excluding carboxylic acids is 2. The minimum Gasteiger partial charge on any atom is -0.339 e. The van der Waals surface area contributed by atoms with E-state index in [1.807, 2.05) is 59.5 Å². The van der Waals surface area contributed by atoms with Crippen molar-refractivity contribution in [3.63, 3.8) is 0 Å². The number of anilines is 2. The van der Waals surface area contributed by atoms with Crippen molar-refractivity contribution in [2.24, 2.45) is 5.92 Å². The topological polar surface area (TPSA) is 87.5 Å². The summed E-state index contributed by atoms with van der Waals surface area (Å²) in [5, 5.41) is 12.2. The number of tetrazole rings is 1. The Morgan fingerprint density at radius 1 is 0.970 bits per heavy atom. The Morgan fingerprint density at radius 3 is 2.39 bits per heavy atom. The van der Waals surface area contributed by atoms with Crippen LogP contribution < -0.4 is 9.80 Å². The molecule has 0 saturated carbocycles. The fourth-order valence-corrected chi connectivity index (χ4v) is 4.54. The van der Waals surface area contributed by atoms with E-state index >= 15 is 0 Å². The van der Waals surface area contributed by atoms with E-state index in [1.54, 1.807) is 9.58 Å². The molecule has 0 radical (unpaired) electrons. The fourth-order valence-electron chi connectivity index (χ4n) is 4.54. The molecule has 0 bridgehead atoms. The highest BCUT2D eigenvalue weighted by Gasteiger charge is 2.38. The molecule has 2 amide bonds. The first-order valence-electron chi connectivity index (χ1n) is 11.4. The Kier molecular flexibility index (Phi) is 5.77. The molecule has 9 heteroatoms. The van der Waals surface area contributed by atoms with Gasteiger partial charge in [0.05, 0.1) is 11.6 Å². The van der Waals surface area contributed by atoms with Crippen molar-refractivity contribution in [2.45, 2.75) is 19.8 Å². The van der Waals surface area contributed by atoms with Gasteiger partial charge < -0.3 is 14.7 Å². The van der Waals surface area contributed by atoms with Gasteiger partial charge in [-0.2, -0.15) is 4.68 Å². The van der Waals surface area contributed by atoms with Crippen LogP contribution in [0.5, 0.6) is 0 Å². The second-order valence-corrected chi connectivity index (χ2v) is 8.46. The molecular weight excluding hydrogens is 418 g/mol. The fraction of sp³-hybridized carbons (Fsp3) is 0.375. The van der Waals surface area contributed by atoms with Crippen LogP contribution in [0.1, 0.15) is 18.9 Å². The van der Waals surface area contributed by atoms with E-state index in [9.17, 15) is 9.59 Å². The minimum atomic E-state index is -0.301. The lowest BCUT2D eigenvalue weighted by atomic mass is 10.1. The van der Waals surface area contributed by atoms with Crippen LogP contribution in [-0.2, 0) is 16.0 Å². The Hall–Kier alpha value is -3.75. The molecule has 1 unspecified atom stereocenters. The summed E-state index contributed by atoms with van der Waals surface area (Å²) < 4.78 is 1.72. The molecule has 0 spiro atoms. The van der Waals surface area contributed by atoms with Gasteiger partial charge in [-0.15, -0.1) is 0 Å². The maximum absolute atomic E-state index is 13.2. The predicted octanol–water partition coefficient (Wildman–Crippen LogP) is 1.93. The lowest BCUT2D eigenvalue weighted by Gasteiger charge is -2.35. The van der Waals surface area contributed by atoms with Crippen LogP contribution in [0.25, 0.3) is 5.69 Å². The van der Waals surface area contributed by atoms with Gasteiger partial charge in [0.1, 0.15) is 0 Å². The molecule has 3 aromatic rings. The van der Waals surface area contributed by atoms with Crippen molar-refractivity contribution in [3.8, 4) is 5.69 Å². The van der Waals surface area contributed by atoms with E-state index in [2.05, 4.69) is 27.3 Å². The van der Waals surface area contributed by atoms with E-state index in [1.165, 1.54) is 5.56 Å². The van der Waals surface area contributed by atoms with Crippen LogP contribution in [-0.4, -0.2) is 69.6 Å². The van der Waals surface area contributed by atoms with Crippen LogP contribution >= 0.6 is 0 Å². The van der Waals surface area contributed by atoms with Gasteiger partial charge in [0, 0.05) is 44.8 Å². The number of nitrogens with zero attached hydrogens (tertiary/aromatic N) is 7. The monoisotopic (exact) mass is 445 g/mol. The number of benzene rings is 2. The summed E-state index contributed by atoms with van der Waals surface area (Å²) in [6, 6.07) is 17.8. The summed E-state index contributed by atoms with van der Waals surface area (Å²) in [5.41, 5.74) is 2.99. The molecule has 9 nitrogen and oxygen atoms in total. The second-order valence-electron chi connectivity index (χ2n) is 8.46. The number of amides is 2. The highest BCUT2D eigenvalue weighted by Crippen LogP contribution is 2.27. The van der Waals surface area contributed by atoms with Crippen molar-refractivity contribution in [2.75, 3.05) is 42.5 Å². The Bertz CT molecular complexity index is 1120. The highest BCUT2D eigenvalue weighted by atomic mass is 16.2. The molecule has 170 valence electrons. The molecular formula is C24H27N7O2. The number of aromatic nitrogens is 4. The molecule has 5 rings (SSSR count). The van der Waals surface area contributed by atoms with Gasteiger partial charge in [0.2, 0.25) is 17.8 Å². The third-order valence-electron chi connectivity index (χ3n) is 6.46. The molecule has 0 N–H and O–H groups in total. The molecule has 2 aliphatic heterocycles. The number of hydrogen-bond acceptors (Lipinski definition) is 6. The van der Waals surface area contributed by atoms with Gasteiger partial charge in [-0.25, -0.2) is 0 Å². The van der Waals surface area contributed by atoms with Gasteiger partial charge in [-0.05, 0) is 46.7 Å². The van der Waals surface area contributed by atoms with Gasteiger partial charge in [0.25, 0.3) is 0 Å². The van der Waals surface area contributed by atoms with Crippen molar-refractivity contribution in [1.82, 2.24) is 25.1 Å². The first-order chi connectivity index (χ1) is 16.1. The zero-order valence-corrected chi connectivity index (χ0v) is 18.7. The number of piperazine rings is 1. The smallest absolute Gasteiger partial charge is 0.250 e. The maximum atomic E-state index is 13.2. The predicted molar refractivity (Wildman–Crippen MR) is 124 cm³/mol. The minimum absolute atomic E-state index is 0.0123. The van der Waals surface area contributed by atoms with Crippen molar-refractivity contribution in [1.29, 1.82) is 0 Å². The first-order valence-corrected chi connectivity index (χ1v) is 11.4. The van der Waals surface area contributed by atoms with Crippen LogP contribution in [0.2, 0.25) is 0 Å². The van der Waals surface area contributed by atoms with E-state index < -0.39 is 0 Å². The van der Waals surface area contributed by atoms with Crippen LogP contribution in [0.3, 0.4) is 0 Å². The average molecular weight is 446 g/mol. The van der Waals surface area contributed by atoms with Gasteiger partial charge >= 0.3 is 0 Å². The molecule has 1 aromatic heterocycles. The molecule has 2 aliphatic rings. The third-order valence-corrected chi connectivity index (χ3v) is 6.46. The Labute approximate surface area is 192 Å². The Morgan fingerprint density at radius 2 is 1.70 bits per heavy atom. The van der Waals surface area contributed by atoms with E-state index in [0.717, 1.165) is 17.8 Å². The second kappa shape index (κ2) is 9.01. The molecule has 2 aromatic carbocycles. The zero-order valence-electron chi connectivity index (χ0n) is 18.7. The van der Waals surface area contributed by atoms with Gasteiger partial charge in [-0.3, -0.25) is 9.59 Å². The maximum Gasteiger partial charge on any atom is 0.250 e. The molecule has 3 heterocycles. The van der Waals surface area contributed by atoms with Gasteiger partial charge in [0.15, 0.2) is 0 Å². The SMILES string of the molecule is CCc1ccc(N2CC(C(=O)N3CCN(c4nnnn4-c4ccccc4)CC3)CC2=O)cc1. The number of rotatable bonds is 5. The molecule has 33 heavy (non-hydrogen) atoms. The normalized spacial score (nSPS) is 18.8. The summed E-state index contributed by atoms with van der Waals surface area (Å²) in [4.78, 5) is 31.5. The average Bonchev–Trinajstić information content (AvgIpc) is 3.51. The molecule has 0 aliphatic carbocycles. The first kappa shape index (κ1) is 21.1. The van der Waals surface area contributed by atoms with Gasteiger partial charge in [-0.1, -0.05) is 42.4 Å². The largest absolute Gasteiger partial charge is 0.339 e. The number of hydrogen-bond donors (Lipinski definition) is 0. The van der Waals surface area contributed by atoms with Crippen LogP contribution in [0.15, 0.2) is 54.6 Å².